The Morgan fingerprint density at radius 1 is 0.731 bits per heavy atom. The summed E-state index contributed by atoms with van der Waals surface area (Å²) in [6, 6.07) is 15.7. The molecule has 0 atom stereocenters. The molecule has 0 bridgehead atoms. The van der Waals surface area contributed by atoms with Crippen LogP contribution >= 0.6 is 31.9 Å². The average Bonchev–Trinajstić information content (AvgIpc) is 2.60. The number of benzene rings is 2. The lowest BCUT2D eigenvalue weighted by atomic mass is 10.2. The third-order valence-electron chi connectivity index (χ3n) is 3.62. The van der Waals surface area contributed by atoms with Gasteiger partial charge in [-0.05, 0) is 35.4 Å². The average molecular weight is 484 g/mol. The Morgan fingerprint density at radius 3 is 1.54 bits per heavy atom. The minimum absolute atomic E-state index is 0.0359. The van der Waals surface area contributed by atoms with Crippen molar-refractivity contribution in [2.45, 2.75) is 25.7 Å². The van der Waals surface area contributed by atoms with E-state index in [9.17, 15) is 9.59 Å². The summed E-state index contributed by atoms with van der Waals surface area (Å²) in [6.07, 6.45) is 1.35. The molecule has 0 saturated carbocycles. The minimum atomic E-state index is -0.385. The Kier molecular flexibility index (Phi) is 8.85. The van der Waals surface area contributed by atoms with E-state index < -0.39 is 0 Å². The van der Waals surface area contributed by atoms with Crippen molar-refractivity contribution in [3.63, 3.8) is 0 Å². The normalized spacial score (nSPS) is 10.4. The van der Waals surface area contributed by atoms with Crippen LogP contribution in [0.2, 0.25) is 0 Å². The van der Waals surface area contributed by atoms with Gasteiger partial charge in [0.25, 0.3) is 0 Å². The van der Waals surface area contributed by atoms with Gasteiger partial charge in [0.05, 0.1) is 26.1 Å². The molecule has 0 N–H and O–H groups in total. The van der Waals surface area contributed by atoms with Gasteiger partial charge in [0.1, 0.15) is 0 Å². The molecular weight excluding hydrogens is 464 g/mol. The van der Waals surface area contributed by atoms with Gasteiger partial charge >= 0.3 is 11.9 Å². The van der Waals surface area contributed by atoms with E-state index in [4.69, 9.17) is 9.47 Å². The highest BCUT2D eigenvalue weighted by molar-refractivity contribution is 9.10. The largest absolute Gasteiger partial charge is 0.465 e. The first-order valence-electron chi connectivity index (χ1n) is 8.33. The molecule has 0 aliphatic rings. The summed E-state index contributed by atoms with van der Waals surface area (Å²) in [5, 5.41) is 0. The number of ether oxygens (including phenoxy) is 2. The zero-order valence-corrected chi connectivity index (χ0v) is 17.4. The maximum Gasteiger partial charge on any atom is 0.306 e. The summed E-state index contributed by atoms with van der Waals surface area (Å²) in [4.78, 5) is 23.4. The molecule has 0 heterocycles. The number of carbonyl (C=O) groups excluding carboxylic acids is 2. The molecule has 138 valence electrons. The maximum atomic E-state index is 11.7. The second-order valence-electron chi connectivity index (χ2n) is 5.70. The molecule has 0 saturated heterocycles. The van der Waals surface area contributed by atoms with Crippen molar-refractivity contribution in [1.82, 2.24) is 0 Å². The predicted molar refractivity (Wildman–Crippen MR) is 107 cm³/mol. The van der Waals surface area contributed by atoms with Crippen LogP contribution in [0.1, 0.15) is 24.0 Å². The van der Waals surface area contributed by atoms with E-state index in [1.165, 1.54) is 0 Å². The Balaban J connectivity index is 1.57. The topological polar surface area (TPSA) is 52.6 Å². The second-order valence-corrected chi connectivity index (χ2v) is 7.53. The van der Waals surface area contributed by atoms with Crippen LogP contribution in [-0.2, 0) is 31.9 Å². The van der Waals surface area contributed by atoms with Crippen molar-refractivity contribution < 1.29 is 19.1 Å². The third-order valence-corrected chi connectivity index (χ3v) is 4.61. The van der Waals surface area contributed by atoms with E-state index in [1.807, 2.05) is 48.5 Å². The standard InChI is InChI=1S/C20H20Br2O4/c21-17-5-1-3-15(13-17)9-11-25-19(23)7-8-20(24)26-12-10-16-4-2-6-18(22)14-16/h1-6,13-14H,7-12H2. The van der Waals surface area contributed by atoms with Gasteiger partial charge in [0, 0.05) is 21.8 Å². The number of hydrogen-bond acceptors (Lipinski definition) is 4. The summed E-state index contributed by atoms with van der Waals surface area (Å²) < 4.78 is 12.3. The van der Waals surface area contributed by atoms with Crippen LogP contribution < -0.4 is 0 Å². The van der Waals surface area contributed by atoms with E-state index in [-0.39, 0.29) is 24.8 Å². The van der Waals surface area contributed by atoms with Crippen LogP contribution in [0.3, 0.4) is 0 Å². The van der Waals surface area contributed by atoms with Gasteiger partial charge in [0.15, 0.2) is 0 Å². The Hall–Kier alpha value is -1.66. The van der Waals surface area contributed by atoms with Gasteiger partial charge in [-0.15, -0.1) is 0 Å². The van der Waals surface area contributed by atoms with Gasteiger partial charge in [-0.1, -0.05) is 56.1 Å². The van der Waals surface area contributed by atoms with E-state index >= 15 is 0 Å². The molecule has 0 unspecified atom stereocenters. The number of hydrogen-bond donors (Lipinski definition) is 0. The fourth-order valence-corrected chi connectivity index (χ4v) is 3.19. The van der Waals surface area contributed by atoms with Crippen LogP contribution in [0, 0.1) is 0 Å². The number of halogens is 2. The predicted octanol–water partition coefficient (Wildman–Crippen LogP) is 4.86. The minimum Gasteiger partial charge on any atom is -0.465 e. The van der Waals surface area contributed by atoms with Gasteiger partial charge in [-0.25, -0.2) is 0 Å². The number of rotatable bonds is 9. The Morgan fingerprint density at radius 2 is 1.15 bits per heavy atom. The van der Waals surface area contributed by atoms with Crippen molar-refractivity contribution in [3.8, 4) is 0 Å². The van der Waals surface area contributed by atoms with Crippen molar-refractivity contribution in [2.24, 2.45) is 0 Å². The summed E-state index contributed by atoms with van der Waals surface area (Å²) in [7, 11) is 0. The molecule has 0 aromatic heterocycles. The smallest absolute Gasteiger partial charge is 0.306 e. The molecule has 2 aromatic rings. The van der Waals surface area contributed by atoms with E-state index in [1.54, 1.807) is 0 Å². The van der Waals surface area contributed by atoms with Crippen LogP contribution in [0.25, 0.3) is 0 Å². The monoisotopic (exact) mass is 482 g/mol. The van der Waals surface area contributed by atoms with Gasteiger partial charge in [0.2, 0.25) is 0 Å². The van der Waals surface area contributed by atoms with Crippen molar-refractivity contribution in [1.29, 1.82) is 0 Å². The maximum absolute atomic E-state index is 11.7. The summed E-state index contributed by atoms with van der Waals surface area (Å²) in [6.45, 7) is 0.598. The summed E-state index contributed by atoms with van der Waals surface area (Å²) >= 11 is 6.80. The van der Waals surface area contributed by atoms with Crippen molar-refractivity contribution >= 4 is 43.8 Å². The lowest BCUT2D eigenvalue weighted by Crippen LogP contribution is -2.12. The zero-order chi connectivity index (χ0) is 18.8. The first-order chi connectivity index (χ1) is 12.5. The van der Waals surface area contributed by atoms with Crippen molar-refractivity contribution in [2.75, 3.05) is 13.2 Å². The molecule has 2 aromatic carbocycles. The van der Waals surface area contributed by atoms with Gasteiger partial charge < -0.3 is 9.47 Å². The second kappa shape index (κ2) is 11.1. The molecule has 4 nitrogen and oxygen atoms in total. The highest BCUT2D eigenvalue weighted by Gasteiger charge is 2.09. The SMILES string of the molecule is O=C(CCC(=O)OCCc1cccc(Br)c1)OCCc1cccc(Br)c1. The molecule has 0 spiro atoms. The molecular formula is C20H20Br2O4. The molecule has 2 rings (SSSR count). The number of esters is 2. The lowest BCUT2D eigenvalue weighted by molar-refractivity contribution is -0.150. The van der Waals surface area contributed by atoms with Crippen LogP contribution in [0.5, 0.6) is 0 Å². The molecule has 6 heteroatoms. The molecule has 0 aliphatic carbocycles. The van der Waals surface area contributed by atoms with Crippen LogP contribution in [0.4, 0.5) is 0 Å². The molecule has 26 heavy (non-hydrogen) atoms. The molecule has 0 radical (unpaired) electrons. The molecule has 0 fully saturated rings. The summed E-state index contributed by atoms with van der Waals surface area (Å²) in [5.41, 5.74) is 2.17. The first kappa shape index (κ1) is 20.6. The number of carbonyl (C=O) groups is 2. The fourth-order valence-electron chi connectivity index (χ4n) is 2.30. The lowest BCUT2D eigenvalue weighted by Gasteiger charge is -2.07. The van der Waals surface area contributed by atoms with E-state index in [0.29, 0.717) is 26.1 Å². The molecule has 0 amide bonds. The zero-order valence-electron chi connectivity index (χ0n) is 14.3. The quantitative estimate of drug-likeness (QED) is 0.478. The van der Waals surface area contributed by atoms with Gasteiger partial charge in [-0.2, -0.15) is 0 Å². The third kappa shape index (κ3) is 8.15. The van der Waals surface area contributed by atoms with E-state index in [0.717, 1.165) is 20.1 Å². The Bertz CT molecular complexity index is 683. The first-order valence-corrected chi connectivity index (χ1v) is 9.91. The van der Waals surface area contributed by atoms with Crippen LogP contribution in [0.15, 0.2) is 57.5 Å². The van der Waals surface area contributed by atoms with E-state index in [2.05, 4.69) is 31.9 Å². The van der Waals surface area contributed by atoms with Gasteiger partial charge in [-0.3, -0.25) is 9.59 Å². The van der Waals surface area contributed by atoms with Crippen molar-refractivity contribution in [3.05, 3.63) is 68.6 Å². The highest BCUT2D eigenvalue weighted by Crippen LogP contribution is 2.13. The fraction of sp³-hybridized carbons (Fsp3) is 0.300. The summed E-state index contributed by atoms with van der Waals surface area (Å²) in [5.74, 6) is -0.770. The van der Waals surface area contributed by atoms with Crippen LogP contribution in [-0.4, -0.2) is 25.2 Å². The Labute approximate surface area is 170 Å². The molecule has 0 aliphatic heterocycles. The highest BCUT2D eigenvalue weighted by atomic mass is 79.9.